The van der Waals surface area contributed by atoms with Crippen molar-refractivity contribution < 1.29 is 23.9 Å². The molecule has 7 heteroatoms. The Hall–Kier alpha value is -2.83. The fourth-order valence-corrected chi connectivity index (χ4v) is 4.03. The number of benzene rings is 1. The molecule has 3 atom stereocenters. The van der Waals surface area contributed by atoms with Crippen LogP contribution < -0.4 is 14.8 Å². The van der Waals surface area contributed by atoms with Crippen LogP contribution in [0.25, 0.3) is 0 Å². The average Bonchev–Trinajstić information content (AvgIpc) is 2.96. The van der Waals surface area contributed by atoms with Gasteiger partial charge in [0.15, 0.2) is 11.5 Å². The molecule has 0 bridgehead atoms. The summed E-state index contributed by atoms with van der Waals surface area (Å²) >= 11 is 0. The highest BCUT2D eigenvalue weighted by Gasteiger charge is 2.46. The van der Waals surface area contributed by atoms with Gasteiger partial charge in [-0.3, -0.25) is 19.3 Å². The second-order valence-corrected chi connectivity index (χ2v) is 7.43. The Morgan fingerprint density at radius 2 is 1.75 bits per heavy atom. The highest BCUT2D eigenvalue weighted by molar-refractivity contribution is 6.05. The van der Waals surface area contributed by atoms with Crippen molar-refractivity contribution in [1.29, 1.82) is 0 Å². The Morgan fingerprint density at radius 1 is 1.11 bits per heavy atom. The average molecular weight is 384 g/mol. The zero-order valence-electron chi connectivity index (χ0n) is 15.8. The number of rotatable bonds is 5. The van der Waals surface area contributed by atoms with Crippen molar-refractivity contribution in [3.63, 3.8) is 0 Å². The van der Waals surface area contributed by atoms with E-state index < -0.39 is 0 Å². The second-order valence-electron chi connectivity index (χ2n) is 7.43. The van der Waals surface area contributed by atoms with E-state index in [1.807, 2.05) is 37.3 Å². The van der Waals surface area contributed by atoms with Crippen LogP contribution >= 0.6 is 0 Å². The molecule has 4 rings (SSSR count). The van der Waals surface area contributed by atoms with E-state index in [-0.39, 0.29) is 48.6 Å². The number of carbonyl (C=O) groups is 3. The van der Waals surface area contributed by atoms with E-state index in [1.54, 1.807) is 0 Å². The molecule has 0 saturated carbocycles. The van der Waals surface area contributed by atoms with Crippen LogP contribution in [0, 0.1) is 11.8 Å². The summed E-state index contributed by atoms with van der Waals surface area (Å²) in [5, 5.41) is 2.92. The molecule has 2 heterocycles. The molecule has 1 fully saturated rings. The molecule has 3 amide bonds. The summed E-state index contributed by atoms with van der Waals surface area (Å²) in [5.41, 5.74) is 0.906. The summed E-state index contributed by atoms with van der Waals surface area (Å²) in [6.45, 7) is 3.05. The summed E-state index contributed by atoms with van der Waals surface area (Å²) in [4.78, 5) is 38.5. The van der Waals surface area contributed by atoms with Gasteiger partial charge in [0.1, 0.15) is 13.2 Å². The van der Waals surface area contributed by atoms with E-state index in [9.17, 15) is 14.4 Å². The van der Waals surface area contributed by atoms with Gasteiger partial charge in [0.2, 0.25) is 17.7 Å². The molecule has 28 heavy (non-hydrogen) atoms. The van der Waals surface area contributed by atoms with Crippen LogP contribution in [0.3, 0.4) is 0 Å². The molecule has 1 aromatic carbocycles. The van der Waals surface area contributed by atoms with E-state index in [0.717, 1.165) is 5.56 Å². The molecule has 1 N–H and O–H groups in total. The van der Waals surface area contributed by atoms with Gasteiger partial charge in [0, 0.05) is 13.0 Å². The van der Waals surface area contributed by atoms with E-state index >= 15 is 0 Å². The number of amides is 3. The Labute approximate surface area is 163 Å². The van der Waals surface area contributed by atoms with Crippen LogP contribution in [0.1, 0.15) is 37.8 Å². The minimum Gasteiger partial charge on any atom is -0.486 e. The largest absolute Gasteiger partial charge is 0.486 e. The summed E-state index contributed by atoms with van der Waals surface area (Å²) < 4.78 is 11.1. The molecule has 3 aliphatic rings. The molecule has 0 radical (unpaired) electrons. The molecule has 2 aliphatic heterocycles. The van der Waals surface area contributed by atoms with Crippen molar-refractivity contribution in [2.45, 2.75) is 32.2 Å². The third kappa shape index (κ3) is 3.48. The summed E-state index contributed by atoms with van der Waals surface area (Å²) in [5.74, 6) is 0.384. The highest BCUT2D eigenvalue weighted by atomic mass is 16.6. The Balaban J connectivity index is 1.32. The first-order valence-corrected chi connectivity index (χ1v) is 9.73. The minimum atomic E-state index is -0.253. The molecule has 1 saturated heterocycles. The number of imide groups is 1. The van der Waals surface area contributed by atoms with Crippen molar-refractivity contribution >= 4 is 17.7 Å². The first kappa shape index (κ1) is 18.5. The lowest BCUT2D eigenvalue weighted by Gasteiger charge is -2.21. The maximum atomic E-state index is 12.5. The van der Waals surface area contributed by atoms with Crippen molar-refractivity contribution in [2.75, 3.05) is 19.8 Å². The molecular weight excluding hydrogens is 360 g/mol. The van der Waals surface area contributed by atoms with Crippen LogP contribution in [-0.2, 0) is 14.4 Å². The van der Waals surface area contributed by atoms with Crippen LogP contribution in [0.15, 0.2) is 30.4 Å². The Morgan fingerprint density at radius 3 is 2.43 bits per heavy atom. The fourth-order valence-electron chi connectivity index (χ4n) is 4.03. The van der Waals surface area contributed by atoms with Crippen molar-refractivity contribution in [3.05, 3.63) is 35.9 Å². The van der Waals surface area contributed by atoms with Gasteiger partial charge in [-0.05, 0) is 37.5 Å². The van der Waals surface area contributed by atoms with E-state index in [1.165, 1.54) is 4.90 Å². The predicted molar refractivity (Wildman–Crippen MR) is 101 cm³/mol. The van der Waals surface area contributed by atoms with Gasteiger partial charge < -0.3 is 14.8 Å². The highest BCUT2D eigenvalue weighted by Crippen LogP contribution is 2.35. The Kier molecular flexibility index (Phi) is 5.07. The summed E-state index contributed by atoms with van der Waals surface area (Å²) in [7, 11) is 0. The monoisotopic (exact) mass is 384 g/mol. The molecule has 148 valence electrons. The number of allylic oxidation sites excluding steroid dienone is 2. The molecule has 0 unspecified atom stereocenters. The normalized spacial score (nSPS) is 24.1. The molecule has 0 spiro atoms. The number of hydrogen-bond donors (Lipinski definition) is 1. The number of hydrogen-bond acceptors (Lipinski definition) is 5. The quantitative estimate of drug-likeness (QED) is 0.620. The zero-order chi connectivity index (χ0) is 19.7. The predicted octanol–water partition coefficient (Wildman–Crippen LogP) is 1.98. The maximum Gasteiger partial charge on any atom is 0.233 e. The molecular formula is C21H24N2O5. The number of nitrogens with one attached hydrogen (secondary N) is 1. The SMILES string of the molecule is C[C@H](NC(=O)CCN1C(=O)[C@@H]2CC=CC[C@H]2C1=O)c1ccc2c(c1)OCCO2. The zero-order valence-corrected chi connectivity index (χ0v) is 15.8. The maximum absolute atomic E-state index is 12.5. The number of carbonyl (C=O) groups excluding carboxylic acids is 3. The van der Waals surface area contributed by atoms with Gasteiger partial charge in [-0.25, -0.2) is 0 Å². The number of ether oxygens (including phenoxy) is 2. The van der Waals surface area contributed by atoms with Gasteiger partial charge in [-0.2, -0.15) is 0 Å². The second kappa shape index (κ2) is 7.66. The lowest BCUT2D eigenvalue weighted by molar-refractivity contribution is -0.140. The van der Waals surface area contributed by atoms with E-state index in [0.29, 0.717) is 37.6 Å². The van der Waals surface area contributed by atoms with Crippen LogP contribution in [0.5, 0.6) is 11.5 Å². The number of fused-ring (bicyclic) bond motifs is 2. The van der Waals surface area contributed by atoms with E-state index in [4.69, 9.17) is 9.47 Å². The number of nitrogens with zero attached hydrogens (tertiary/aromatic N) is 1. The van der Waals surface area contributed by atoms with Gasteiger partial charge in [-0.15, -0.1) is 0 Å². The smallest absolute Gasteiger partial charge is 0.233 e. The molecule has 0 aromatic heterocycles. The van der Waals surface area contributed by atoms with Crippen LogP contribution in [-0.4, -0.2) is 42.4 Å². The van der Waals surface area contributed by atoms with Crippen LogP contribution in [0.4, 0.5) is 0 Å². The molecule has 7 nitrogen and oxygen atoms in total. The molecule has 1 aliphatic carbocycles. The Bertz CT molecular complexity index is 808. The summed E-state index contributed by atoms with van der Waals surface area (Å²) in [6, 6.07) is 5.37. The van der Waals surface area contributed by atoms with Crippen LogP contribution in [0.2, 0.25) is 0 Å². The third-order valence-corrected chi connectivity index (χ3v) is 5.61. The fraction of sp³-hybridized carbons (Fsp3) is 0.476. The first-order valence-electron chi connectivity index (χ1n) is 9.73. The van der Waals surface area contributed by atoms with Gasteiger partial charge in [-0.1, -0.05) is 18.2 Å². The lowest BCUT2D eigenvalue weighted by atomic mass is 9.85. The standard InChI is InChI=1S/C21H24N2O5/c1-13(14-6-7-17-18(12-14)28-11-10-27-17)22-19(24)8-9-23-20(25)15-4-2-3-5-16(15)21(23)26/h2-3,6-7,12-13,15-16H,4-5,8-11H2,1H3,(H,22,24)/t13-,15+,16+/m0/s1. The molecule has 1 aromatic rings. The summed E-state index contributed by atoms with van der Waals surface area (Å²) in [6.07, 6.45) is 5.23. The van der Waals surface area contributed by atoms with Gasteiger partial charge >= 0.3 is 0 Å². The number of likely N-dealkylation sites (tertiary alicyclic amines) is 1. The van der Waals surface area contributed by atoms with Gasteiger partial charge in [0.05, 0.1) is 17.9 Å². The minimum absolute atomic E-state index is 0.0965. The van der Waals surface area contributed by atoms with Crippen molar-refractivity contribution in [3.8, 4) is 11.5 Å². The third-order valence-electron chi connectivity index (χ3n) is 5.61. The van der Waals surface area contributed by atoms with Gasteiger partial charge in [0.25, 0.3) is 0 Å². The lowest BCUT2D eigenvalue weighted by Crippen LogP contribution is -2.36. The van der Waals surface area contributed by atoms with Crippen molar-refractivity contribution in [2.24, 2.45) is 11.8 Å². The first-order chi connectivity index (χ1) is 13.5. The van der Waals surface area contributed by atoms with Crippen molar-refractivity contribution in [1.82, 2.24) is 10.2 Å². The topological polar surface area (TPSA) is 84.9 Å². The van der Waals surface area contributed by atoms with E-state index in [2.05, 4.69) is 5.32 Å².